The normalized spacial score (nSPS) is 10.8. The van der Waals surface area contributed by atoms with Crippen molar-refractivity contribution in [1.29, 1.82) is 0 Å². The van der Waals surface area contributed by atoms with Crippen LogP contribution in [0.15, 0.2) is 11.6 Å². The molecule has 0 spiro atoms. The van der Waals surface area contributed by atoms with E-state index in [9.17, 15) is 4.79 Å². The van der Waals surface area contributed by atoms with E-state index in [2.05, 4.69) is 4.98 Å². The van der Waals surface area contributed by atoms with Crippen molar-refractivity contribution in [2.75, 3.05) is 0 Å². The van der Waals surface area contributed by atoms with Gasteiger partial charge >= 0.3 is 5.97 Å². The molecule has 0 saturated carbocycles. The van der Waals surface area contributed by atoms with Gasteiger partial charge in [0.1, 0.15) is 0 Å². The molecule has 0 aliphatic carbocycles. The summed E-state index contributed by atoms with van der Waals surface area (Å²) < 4.78 is 0. The van der Waals surface area contributed by atoms with Crippen molar-refractivity contribution in [3.05, 3.63) is 22.2 Å². The summed E-state index contributed by atoms with van der Waals surface area (Å²) in [6.07, 6.45) is 3.55. The van der Waals surface area contributed by atoms with E-state index >= 15 is 0 Å². The van der Waals surface area contributed by atoms with E-state index in [0.29, 0.717) is 0 Å². The minimum absolute atomic E-state index is 0.836. The van der Waals surface area contributed by atoms with Crippen molar-refractivity contribution in [2.45, 2.75) is 13.3 Å². The highest BCUT2D eigenvalue weighted by Gasteiger charge is 1.99. The lowest BCUT2D eigenvalue weighted by molar-refractivity contribution is -0.131. The molecule has 0 aliphatic rings. The number of aryl methyl sites for hydroxylation is 1. The molecule has 1 aromatic heterocycles. The lowest BCUT2D eigenvalue weighted by Gasteiger charge is -1.89. The van der Waals surface area contributed by atoms with Gasteiger partial charge in [-0.15, -0.1) is 11.3 Å². The number of hydrogen-bond donors (Lipinski definition) is 1. The van der Waals surface area contributed by atoms with Gasteiger partial charge in [-0.3, -0.25) is 0 Å². The summed E-state index contributed by atoms with van der Waals surface area (Å²) in [5, 5.41) is 8.37. The first-order chi connectivity index (χ1) is 5.74. The first-order valence-electron chi connectivity index (χ1n) is 3.57. The standard InChI is InChI=1S/C8H9NO2S/c1-2-6-7(12-5-9-6)3-4-8(10)11/h3-5H,2H2,1H3,(H,10,11)/b4-3+. The topological polar surface area (TPSA) is 50.2 Å². The SMILES string of the molecule is CCc1ncsc1/C=C/C(=O)O. The van der Waals surface area contributed by atoms with Gasteiger partial charge in [0.25, 0.3) is 0 Å². The molecule has 1 heterocycles. The predicted octanol–water partition coefficient (Wildman–Crippen LogP) is 1.80. The van der Waals surface area contributed by atoms with Gasteiger partial charge in [0.15, 0.2) is 0 Å². The molecule has 0 fully saturated rings. The Bertz CT molecular complexity index is 304. The Labute approximate surface area is 74.4 Å². The number of hydrogen-bond acceptors (Lipinski definition) is 3. The Morgan fingerprint density at radius 3 is 3.17 bits per heavy atom. The van der Waals surface area contributed by atoms with Crippen LogP contribution in [0.2, 0.25) is 0 Å². The highest BCUT2D eigenvalue weighted by molar-refractivity contribution is 7.10. The van der Waals surface area contributed by atoms with Gasteiger partial charge in [0.05, 0.1) is 16.1 Å². The van der Waals surface area contributed by atoms with E-state index in [1.807, 2.05) is 6.92 Å². The summed E-state index contributed by atoms with van der Waals surface area (Å²) in [6.45, 7) is 1.99. The average molecular weight is 183 g/mol. The van der Waals surface area contributed by atoms with Crippen molar-refractivity contribution in [3.63, 3.8) is 0 Å². The van der Waals surface area contributed by atoms with E-state index < -0.39 is 5.97 Å². The third-order valence-electron chi connectivity index (χ3n) is 1.38. The molecule has 0 aliphatic heterocycles. The summed E-state index contributed by atoms with van der Waals surface area (Å²) in [5.74, 6) is -0.926. The third-order valence-corrected chi connectivity index (χ3v) is 2.22. The van der Waals surface area contributed by atoms with Crippen molar-refractivity contribution >= 4 is 23.4 Å². The van der Waals surface area contributed by atoms with Crippen LogP contribution in [0.25, 0.3) is 6.08 Å². The van der Waals surface area contributed by atoms with Crippen LogP contribution in [0, 0.1) is 0 Å². The van der Waals surface area contributed by atoms with Crippen LogP contribution in [0.1, 0.15) is 17.5 Å². The first kappa shape index (κ1) is 8.93. The number of carbonyl (C=O) groups is 1. The van der Waals surface area contributed by atoms with Crippen molar-refractivity contribution in [2.24, 2.45) is 0 Å². The van der Waals surface area contributed by atoms with E-state index in [4.69, 9.17) is 5.11 Å². The highest BCUT2D eigenvalue weighted by atomic mass is 32.1. The molecule has 1 rings (SSSR count). The Balaban J connectivity index is 2.81. The zero-order valence-electron chi connectivity index (χ0n) is 6.65. The van der Waals surface area contributed by atoms with Gasteiger partial charge in [0, 0.05) is 6.08 Å². The lowest BCUT2D eigenvalue weighted by atomic mass is 10.3. The van der Waals surface area contributed by atoms with Crippen molar-refractivity contribution in [1.82, 2.24) is 4.98 Å². The molecule has 64 valence electrons. The summed E-state index contributed by atoms with van der Waals surface area (Å²) >= 11 is 1.45. The molecule has 0 aromatic carbocycles. The number of carboxylic acid groups (broad SMARTS) is 1. The second-order valence-corrected chi connectivity index (χ2v) is 3.07. The molecule has 0 saturated heterocycles. The molecule has 1 aromatic rings. The fraction of sp³-hybridized carbons (Fsp3) is 0.250. The molecule has 3 nitrogen and oxygen atoms in total. The maximum Gasteiger partial charge on any atom is 0.328 e. The van der Waals surface area contributed by atoms with Gasteiger partial charge in [-0.1, -0.05) is 6.92 Å². The number of aromatic nitrogens is 1. The fourth-order valence-corrected chi connectivity index (χ4v) is 1.60. The van der Waals surface area contributed by atoms with Crippen LogP contribution < -0.4 is 0 Å². The van der Waals surface area contributed by atoms with Gasteiger partial charge in [-0.25, -0.2) is 9.78 Å². The monoisotopic (exact) mass is 183 g/mol. The van der Waals surface area contributed by atoms with Gasteiger partial charge in [0.2, 0.25) is 0 Å². The maximum atomic E-state index is 10.2. The van der Waals surface area contributed by atoms with Gasteiger partial charge < -0.3 is 5.11 Å². The Morgan fingerprint density at radius 1 is 1.83 bits per heavy atom. The van der Waals surface area contributed by atoms with Crippen LogP contribution in [0.4, 0.5) is 0 Å². The smallest absolute Gasteiger partial charge is 0.328 e. The zero-order chi connectivity index (χ0) is 8.97. The second kappa shape index (κ2) is 4.01. The number of rotatable bonds is 3. The predicted molar refractivity (Wildman–Crippen MR) is 48.2 cm³/mol. The largest absolute Gasteiger partial charge is 0.478 e. The first-order valence-corrected chi connectivity index (χ1v) is 4.45. The lowest BCUT2D eigenvalue weighted by Crippen LogP contribution is -1.86. The molecule has 0 unspecified atom stereocenters. The van der Waals surface area contributed by atoms with Crippen molar-refractivity contribution < 1.29 is 9.90 Å². The van der Waals surface area contributed by atoms with Crippen LogP contribution in [-0.2, 0) is 11.2 Å². The summed E-state index contributed by atoms with van der Waals surface area (Å²) in [7, 11) is 0. The van der Waals surface area contributed by atoms with E-state index in [1.54, 1.807) is 11.6 Å². The molecular formula is C8H9NO2S. The molecule has 0 radical (unpaired) electrons. The van der Waals surface area contributed by atoms with E-state index in [0.717, 1.165) is 23.1 Å². The molecular weight excluding hydrogens is 174 g/mol. The van der Waals surface area contributed by atoms with Crippen molar-refractivity contribution in [3.8, 4) is 0 Å². The van der Waals surface area contributed by atoms with Gasteiger partial charge in [-0.05, 0) is 12.5 Å². The van der Waals surface area contributed by atoms with Crippen LogP contribution in [0.5, 0.6) is 0 Å². The number of nitrogens with zero attached hydrogens (tertiary/aromatic N) is 1. The molecule has 1 N–H and O–H groups in total. The van der Waals surface area contributed by atoms with Gasteiger partial charge in [-0.2, -0.15) is 0 Å². The fourth-order valence-electron chi connectivity index (χ4n) is 0.826. The summed E-state index contributed by atoms with van der Waals surface area (Å²) in [4.78, 5) is 15.2. The molecule has 0 bridgehead atoms. The Hall–Kier alpha value is -1.16. The highest BCUT2D eigenvalue weighted by Crippen LogP contribution is 2.15. The minimum Gasteiger partial charge on any atom is -0.478 e. The number of aliphatic carboxylic acids is 1. The zero-order valence-corrected chi connectivity index (χ0v) is 7.47. The Kier molecular flexibility index (Phi) is 2.99. The third kappa shape index (κ3) is 2.17. The Morgan fingerprint density at radius 2 is 2.58 bits per heavy atom. The van der Waals surface area contributed by atoms with E-state index in [1.165, 1.54) is 11.3 Å². The summed E-state index contributed by atoms with van der Waals surface area (Å²) in [6, 6.07) is 0. The minimum atomic E-state index is -0.926. The quantitative estimate of drug-likeness (QED) is 0.727. The van der Waals surface area contributed by atoms with E-state index in [-0.39, 0.29) is 0 Å². The second-order valence-electron chi connectivity index (χ2n) is 2.19. The number of carboxylic acids is 1. The average Bonchev–Trinajstić information content (AvgIpc) is 2.47. The van der Waals surface area contributed by atoms with Crippen LogP contribution >= 0.6 is 11.3 Å². The van der Waals surface area contributed by atoms with Crippen LogP contribution in [0.3, 0.4) is 0 Å². The molecule has 4 heteroatoms. The van der Waals surface area contributed by atoms with Crippen LogP contribution in [-0.4, -0.2) is 16.1 Å². The molecule has 12 heavy (non-hydrogen) atoms. The number of thiazole rings is 1. The molecule has 0 atom stereocenters. The maximum absolute atomic E-state index is 10.2. The molecule has 0 amide bonds. The summed E-state index contributed by atoms with van der Waals surface area (Å²) in [5.41, 5.74) is 2.68.